The molecule has 1 rings (SSSR count). The monoisotopic (exact) mass is 293 g/mol. The quantitative estimate of drug-likeness (QED) is 0.685. The third kappa shape index (κ3) is 6.90. The molecule has 0 aliphatic heterocycles. The number of carboxylic acid groups (broad SMARTS) is 1. The van der Waals surface area contributed by atoms with Crippen molar-refractivity contribution in [2.75, 3.05) is 13.2 Å². The van der Waals surface area contributed by atoms with Crippen molar-refractivity contribution >= 4 is 11.9 Å². The maximum atomic E-state index is 11.8. The molecule has 0 bridgehead atoms. The van der Waals surface area contributed by atoms with Crippen molar-refractivity contribution in [2.45, 2.75) is 39.2 Å². The van der Waals surface area contributed by atoms with Crippen LogP contribution in [0.2, 0.25) is 0 Å². The van der Waals surface area contributed by atoms with E-state index in [0.717, 1.165) is 12.8 Å². The largest absolute Gasteiger partial charge is 0.478 e. The minimum atomic E-state index is -1.01. The Labute approximate surface area is 125 Å². The highest BCUT2D eigenvalue weighted by atomic mass is 16.5. The van der Waals surface area contributed by atoms with Crippen molar-refractivity contribution < 1.29 is 19.4 Å². The van der Waals surface area contributed by atoms with Gasteiger partial charge in [0.25, 0.3) is 0 Å². The molecule has 0 saturated carbocycles. The van der Waals surface area contributed by atoms with Crippen LogP contribution in [0.15, 0.2) is 24.3 Å². The zero-order chi connectivity index (χ0) is 15.7. The Bertz CT molecular complexity index is 471. The number of nitrogens with one attached hydrogen (secondary N) is 1. The topological polar surface area (TPSA) is 75.6 Å². The Kier molecular flexibility index (Phi) is 7.46. The van der Waals surface area contributed by atoms with Gasteiger partial charge in [0.1, 0.15) is 0 Å². The van der Waals surface area contributed by atoms with E-state index in [0.29, 0.717) is 18.7 Å². The van der Waals surface area contributed by atoms with Crippen LogP contribution in [0.25, 0.3) is 0 Å². The molecule has 5 heteroatoms. The molecule has 21 heavy (non-hydrogen) atoms. The van der Waals surface area contributed by atoms with E-state index in [1.165, 1.54) is 6.07 Å². The van der Waals surface area contributed by atoms with Gasteiger partial charge in [-0.25, -0.2) is 4.79 Å². The number of hydrogen-bond acceptors (Lipinski definition) is 3. The molecule has 1 aromatic rings. The van der Waals surface area contributed by atoms with E-state index >= 15 is 0 Å². The van der Waals surface area contributed by atoms with Gasteiger partial charge in [-0.2, -0.15) is 0 Å². The van der Waals surface area contributed by atoms with Crippen LogP contribution in [-0.4, -0.2) is 36.2 Å². The molecule has 0 radical (unpaired) electrons. The maximum absolute atomic E-state index is 11.8. The second-order valence-corrected chi connectivity index (χ2v) is 5.12. The minimum Gasteiger partial charge on any atom is -0.478 e. The van der Waals surface area contributed by atoms with Gasteiger partial charge in [-0.15, -0.1) is 0 Å². The van der Waals surface area contributed by atoms with E-state index in [4.69, 9.17) is 9.84 Å². The number of benzene rings is 1. The number of carboxylic acids is 1. The van der Waals surface area contributed by atoms with Crippen LogP contribution < -0.4 is 5.32 Å². The lowest BCUT2D eigenvalue weighted by atomic mass is 10.0. The first-order chi connectivity index (χ1) is 10.0. The van der Waals surface area contributed by atoms with Crippen LogP contribution in [0.4, 0.5) is 0 Å². The first-order valence-electron chi connectivity index (χ1n) is 7.20. The molecule has 0 spiro atoms. The highest BCUT2D eigenvalue weighted by Crippen LogP contribution is 2.09. The Morgan fingerprint density at radius 1 is 1.24 bits per heavy atom. The fourth-order valence-corrected chi connectivity index (χ4v) is 1.89. The average Bonchev–Trinajstić information content (AvgIpc) is 2.42. The van der Waals surface area contributed by atoms with Crippen LogP contribution in [0.5, 0.6) is 0 Å². The molecule has 1 aromatic carbocycles. The number of amides is 1. The molecule has 0 heterocycles. The standard InChI is InChI=1S/C16H23NO4/c1-12(2)21-10-6-5-9-17-15(18)11-13-7-3-4-8-14(13)16(19)20/h3-4,7-8,12H,5-6,9-11H2,1-2H3,(H,17,18)(H,19,20). The van der Waals surface area contributed by atoms with E-state index in [9.17, 15) is 9.59 Å². The predicted octanol–water partition coefficient (Wildman–Crippen LogP) is 2.25. The summed E-state index contributed by atoms with van der Waals surface area (Å²) in [4.78, 5) is 22.8. The van der Waals surface area contributed by atoms with Gasteiger partial charge in [0.05, 0.1) is 18.1 Å². The van der Waals surface area contributed by atoms with E-state index in [1.54, 1.807) is 18.2 Å². The van der Waals surface area contributed by atoms with Gasteiger partial charge in [-0.3, -0.25) is 4.79 Å². The highest BCUT2D eigenvalue weighted by Gasteiger charge is 2.11. The third-order valence-corrected chi connectivity index (χ3v) is 2.94. The third-order valence-electron chi connectivity index (χ3n) is 2.94. The van der Waals surface area contributed by atoms with Gasteiger partial charge >= 0.3 is 5.97 Å². The van der Waals surface area contributed by atoms with Crippen molar-refractivity contribution in [3.63, 3.8) is 0 Å². The summed E-state index contributed by atoms with van der Waals surface area (Å²) in [5.74, 6) is -1.17. The zero-order valence-corrected chi connectivity index (χ0v) is 12.6. The highest BCUT2D eigenvalue weighted by molar-refractivity contribution is 5.91. The lowest BCUT2D eigenvalue weighted by molar-refractivity contribution is -0.120. The van der Waals surface area contributed by atoms with Gasteiger partial charge in [0.2, 0.25) is 5.91 Å². The molecule has 2 N–H and O–H groups in total. The Hall–Kier alpha value is -1.88. The summed E-state index contributed by atoms with van der Waals surface area (Å²) < 4.78 is 5.41. The smallest absolute Gasteiger partial charge is 0.335 e. The molecule has 0 unspecified atom stereocenters. The Balaban J connectivity index is 2.30. The van der Waals surface area contributed by atoms with Crippen LogP contribution in [0, 0.1) is 0 Å². The predicted molar refractivity (Wildman–Crippen MR) is 80.4 cm³/mol. The van der Waals surface area contributed by atoms with Gasteiger partial charge < -0.3 is 15.2 Å². The van der Waals surface area contributed by atoms with Crippen molar-refractivity contribution in [3.05, 3.63) is 35.4 Å². The summed E-state index contributed by atoms with van der Waals surface area (Å²) in [6.45, 7) is 5.24. The van der Waals surface area contributed by atoms with E-state index in [-0.39, 0.29) is 24.0 Å². The molecule has 0 aliphatic rings. The van der Waals surface area contributed by atoms with Crippen LogP contribution >= 0.6 is 0 Å². The first kappa shape index (κ1) is 17.2. The minimum absolute atomic E-state index is 0.0883. The lowest BCUT2D eigenvalue weighted by Crippen LogP contribution is -2.27. The Morgan fingerprint density at radius 2 is 1.95 bits per heavy atom. The molecule has 0 fully saturated rings. The lowest BCUT2D eigenvalue weighted by Gasteiger charge is -2.09. The van der Waals surface area contributed by atoms with Crippen molar-refractivity contribution in [1.29, 1.82) is 0 Å². The molecule has 0 saturated heterocycles. The van der Waals surface area contributed by atoms with Crippen molar-refractivity contribution in [2.24, 2.45) is 0 Å². The van der Waals surface area contributed by atoms with E-state index < -0.39 is 5.97 Å². The Morgan fingerprint density at radius 3 is 2.62 bits per heavy atom. The second kappa shape index (κ2) is 9.13. The van der Waals surface area contributed by atoms with Crippen molar-refractivity contribution in [1.82, 2.24) is 5.32 Å². The van der Waals surface area contributed by atoms with Gasteiger partial charge in [-0.1, -0.05) is 18.2 Å². The summed E-state index contributed by atoms with van der Waals surface area (Å²) in [6.07, 6.45) is 2.06. The summed E-state index contributed by atoms with van der Waals surface area (Å²) in [5.41, 5.74) is 0.712. The van der Waals surface area contributed by atoms with Gasteiger partial charge in [0.15, 0.2) is 0 Å². The fraction of sp³-hybridized carbons (Fsp3) is 0.500. The number of unbranched alkanes of at least 4 members (excludes halogenated alkanes) is 1. The molecule has 0 aromatic heterocycles. The molecule has 5 nitrogen and oxygen atoms in total. The number of carbonyl (C=O) groups is 2. The number of aromatic carboxylic acids is 1. The number of ether oxygens (including phenoxy) is 1. The molecular weight excluding hydrogens is 270 g/mol. The van der Waals surface area contributed by atoms with Crippen LogP contribution in [0.3, 0.4) is 0 Å². The molecular formula is C16H23NO4. The molecule has 116 valence electrons. The molecule has 0 aliphatic carbocycles. The normalized spacial score (nSPS) is 10.6. The summed E-state index contributed by atoms with van der Waals surface area (Å²) in [6, 6.07) is 6.56. The average molecular weight is 293 g/mol. The summed E-state index contributed by atoms with van der Waals surface area (Å²) in [5, 5.41) is 11.8. The van der Waals surface area contributed by atoms with Gasteiger partial charge in [-0.05, 0) is 38.3 Å². The number of carbonyl (C=O) groups excluding carboxylic acids is 1. The van der Waals surface area contributed by atoms with E-state index in [1.807, 2.05) is 13.8 Å². The fourth-order valence-electron chi connectivity index (χ4n) is 1.89. The summed E-state index contributed by atoms with van der Waals surface area (Å²) >= 11 is 0. The molecule has 0 atom stereocenters. The maximum Gasteiger partial charge on any atom is 0.335 e. The summed E-state index contributed by atoms with van der Waals surface area (Å²) in [7, 11) is 0. The van der Waals surface area contributed by atoms with Crippen molar-refractivity contribution in [3.8, 4) is 0 Å². The number of rotatable bonds is 9. The first-order valence-corrected chi connectivity index (χ1v) is 7.20. The second-order valence-electron chi connectivity index (χ2n) is 5.12. The molecule has 1 amide bonds. The van der Waals surface area contributed by atoms with Crippen LogP contribution in [0.1, 0.15) is 42.6 Å². The zero-order valence-electron chi connectivity index (χ0n) is 12.6. The van der Waals surface area contributed by atoms with E-state index in [2.05, 4.69) is 5.32 Å². The SMILES string of the molecule is CC(C)OCCCCNC(=O)Cc1ccccc1C(=O)O. The van der Waals surface area contributed by atoms with Crippen LogP contribution in [-0.2, 0) is 16.0 Å². The van der Waals surface area contributed by atoms with Gasteiger partial charge in [0, 0.05) is 13.2 Å². The number of hydrogen-bond donors (Lipinski definition) is 2.